The van der Waals surface area contributed by atoms with Gasteiger partial charge in [-0.05, 0) is 54.5 Å². The molecule has 0 atom stereocenters. The van der Waals surface area contributed by atoms with Gasteiger partial charge in [0.1, 0.15) is 12.5 Å². The number of ether oxygens (including phenoxy) is 3. The molecule has 0 saturated carbocycles. The third-order valence-electron chi connectivity index (χ3n) is 3.50. The van der Waals surface area contributed by atoms with Gasteiger partial charge in [-0.25, -0.2) is 0 Å². The lowest BCUT2D eigenvalue weighted by atomic mass is 10.2. The van der Waals surface area contributed by atoms with Gasteiger partial charge in [-0.1, -0.05) is 42.3 Å². The standard InChI is InChI=1S/C20H22Cl2N2O4S/c1-2-9-26-13-27-11-14-3-6-16(7-4-14)23-20(29)24-19(25)12-28-18-8-5-15(21)10-17(18)22/h3-8,10H,2,9,11-13H2,1H3,(H2,23,24,25,29). The van der Waals surface area contributed by atoms with Crippen molar-refractivity contribution in [1.82, 2.24) is 5.32 Å². The van der Waals surface area contributed by atoms with Gasteiger partial charge in [0.2, 0.25) is 0 Å². The first kappa shape index (κ1) is 23.4. The van der Waals surface area contributed by atoms with E-state index in [0.717, 1.165) is 17.7 Å². The molecule has 2 rings (SSSR count). The summed E-state index contributed by atoms with van der Waals surface area (Å²) in [5.41, 5.74) is 1.74. The van der Waals surface area contributed by atoms with Crippen LogP contribution in [-0.2, 0) is 20.9 Å². The molecule has 2 N–H and O–H groups in total. The number of thiocarbonyl (C=S) groups is 1. The molecule has 0 bridgehead atoms. The normalized spacial score (nSPS) is 10.4. The molecule has 9 heteroatoms. The third-order valence-corrected chi connectivity index (χ3v) is 4.24. The zero-order chi connectivity index (χ0) is 21.1. The maximum absolute atomic E-state index is 12.0. The topological polar surface area (TPSA) is 68.8 Å². The molecule has 0 aromatic heterocycles. The van der Waals surface area contributed by atoms with Crippen molar-refractivity contribution in [3.63, 3.8) is 0 Å². The number of carbonyl (C=O) groups is 1. The summed E-state index contributed by atoms with van der Waals surface area (Å²) in [5, 5.41) is 6.46. The SMILES string of the molecule is CCCOCOCc1ccc(NC(=S)NC(=O)COc2ccc(Cl)cc2Cl)cc1. The van der Waals surface area contributed by atoms with Gasteiger partial charge in [0.25, 0.3) is 5.91 Å². The molecule has 2 aromatic carbocycles. The van der Waals surface area contributed by atoms with Crippen molar-refractivity contribution in [3.05, 3.63) is 58.1 Å². The Hall–Kier alpha value is -1.90. The summed E-state index contributed by atoms with van der Waals surface area (Å²) < 4.78 is 16.0. The lowest BCUT2D eigenvalue weighted by molar-refractivity contribution is -0.121. The lowest BCUT2D eigenvalue weighted by Crippen LogP contribution is -2.37. The molecule has 0 spiro atoms. The number of rotatable bonds is 10. The fourth-order valence-electron chi connectivity index (χ4n) is 2.17. The first-order valence-corrected chi connectivity index (χ1v) is 10.1. The Labute approximate surface area is 185 Å². The zero-order valence-corrected chi connectivity index (χ0v) is 18.2. The van der Waals surface area contributed by atoms with Gasteiger partial charge in [0.05, 0.1) is 11.6 Å². The molecule has 6 nitrogen and oxygen atoms in total. The fourth-order valence-corrected chi connectivity index (χ4v) is 2.86. The zero-order valence-electron chi connectivity index (χ0n) is 15.9. The van der Waals surface area contributed by atoms with Crippen LogP contribution in [0.5, 0.6) is 5.75 Å². The first-order chi connectivity index (χ1) is 14.0. The van der Waals surface area contributed by atoms with E-state index >= 15 is 0 Å². The Morgan fingerprint density at radius 3 is 2.55 bits per heavy atom. The number of hydrogen-bond donors (Lipinski definition) is 2. The average Bonchev–Trinajstić information content (AvgIpc) is 2.68. The molecular weight excluding hydrogens is 435 g/mol. The predicted molar refractivity (Wildman–Crippen MR) is 119 cm³/mol. The molecule has 29 heavy (non-hydrogen) atoms. The van der Waals surface area contributed by atoms with Crippen LogP contribution in [0.15, 0.2) is 42.5 Å². The highest BCUT2D eigenvalue weighted by Crippen LogP contribution is 2.27. The quantitative estimate of drug-likeness (QED) is 0.304. The number of carbonyl (C=O) groups excluding carboxylic acids is 1. The molecule has 0 aliphatic rings. The van der Waals surface area contributed by atoms with Gasteiger partial charge in [-0.15, -0.1) is 0 Å². The van der Waals surface area contributed by atoms with Crippen LogP contribution in [0, 0.1) is 0 Å². The number of nitrogens with one attached hydrogen (secondary N) is 2. The summed E-state index contributed by atoms with van der Waals surface area (Å²) in [6.45, 7) is 3.22. The molecule has 0 heterocycles. The van der Waals surface area contributed by atoms with E-state index in [-0.39, 0.29) is 18.5 Å². The van der Waals surface area contributed by atoms with E-state index in [4.69, 9.17) is 49.6 Å². The Morgan fingerprint density at radius 2 is 1.86 bits per heavy atom. The number of benzene rings is 2. The summed E-state index contributed by atoms with van der Waals surface area (Å²) >= 11 is 17.0. The highest BCUT2D eigenvalue weighted by Gasteiger charge is 2.08. The van der Waals surface area contributed by atoms with Crippen molar-refractivity contribution >= 4 is 52.1 Å². The van der Waals surface area contributed by atoms with Gasteiger partial charge in [0.15, 0.2) is 11.7 Å². The van der Waals surface area contributed by atoms with Crippen LogP contribution in [-0.4, -0.2) is 31.0 Å². The van der Waals surface area contributed by atoms with E-state index < -0.39 is 5.91 Å². The Bertz CT molecular complexity index is 819. The van der Waals surface area contributed by atoms with E-state index in [1.807, 2.05) is 31.2 Å². The van der Waals surface area contributed by atoms with Gasteiger partial charge in [0, 0.05) is 17.3 Å². The van der Waals surface area contributed by atoms with Crippen LogP contribution >= 0.6 is 35.4 Å². The Balaban J connectivity index is 1.71. The van der Waals surface area contributed by atoms with Crippen LogP contribution in [0.25, 0.3) is 0 Å². The van der Waals surface area contributed by atoms with Crippen molar-refractivity contribution in [2.24, 2.45) is 0 Å². The van der Waals surface area contributed by atoms with E-state index in [9.17, 15) is 4.79 Å². The number of hydrogen-bond acceptors (Lipinski definition) is 5. The highest BCUT2D eigenvalue weighted by molar-refractivity contribution is 7.80. The van der Waals surface area contributed by atoms with E-state index in [0.29, 0.717) is 29.0 Å². The number of halogens is 2. The summed E-state index contributed by atoms with van der Waals surface area (Å²) in [4.78, 5) is 12.0. The minimum atomic E-state index is -0.411. The fraction of sp³-hybridized carbons (Fsp3) is 0.300. The van der Waals surface area contributed by atoms with Gasteiger partial charge >= 0.3 is 0 Å². The molecule has 156 valence electrons. The Morgan fingerprint density at radius 1 is 1.10 bits per heavy atom. The maximum atomic E-state index is 12.0. The second-order valence-corrected chi connectivity index (χ2v) is 7.19. The van der Waals surface area contributed by atoms with Crippen molar-refractivity contribution in [3.8, 4) is 5.75 Å². The van der Waals surface area contributed by atoms with Crippen molar-refractivity contribution in [2.45, 2.75) is 20.0 Å². The number of amides is 1. The monoisotopic (exact) mass is 456 g/mol. The molecule has 1 amide bonds. The average molecular weight is 457 g/mol. The van der Waals surface area contributed by atoms with Gasteiger partial charge in [-0.3, -0.25) is 10.1 Å². The van der Waals surface area contributed by atoms with Crippen LogP contribution in [0.1, 0.15) is 18.9 Å². The summed E-state index contributed by atoms with van der Waals surface area (Å²) in [6, 6.07) is 12.2. The summed E-state index contributed by atoms with van der Waals surface area (Å²) in [6.07, 6.45) is 0.959. The number of anilines is 1. The minimum Gasteiger partial charge on any atom is -0.482 e. The second-order valence-electron chi connectivity index (χ2n) is 5.94. The van der Waals surface area contributed by atoms with Crippen molar-refractivity contribution < 1.29 is 19.0 Å². The van der Waals surface area contributed by atoms with Crippen LogP contribution in [0.2, 0.25) is 10.0 Å². The van der Waals surface area contributed by atoms with Gasteiger partial charge in [-0.2, -0.15) is 0 Å². The molecular formula is C20H22Cl2N2O4S. The molecule has 2 aromatic rings. The summed E-state index contributed by atoms with van der Waals surface area (Å²) in [7, 11) is 0. The smallest absolute Gasteiger partial charge is 0.264 e. The minimum absolute atomic E-state index is 0.165. The van der Waals surface area contributed by atoms with Crippen LogP contribution in [0.4, 0.5) is 5.69 Å². The van der Waals surface area contributed by atoms with E-state index in [1.165, 1.54) is 6.07 Å². The molecule has 0 unspecified atom stereocenters. The van der Waals surface area contributed by atoms with Crippen molar-refractivity contribution in [2.75, 3.05) is 25.3 Å². The molecule has 0 radical (unpaired) electrons. The molecule has 0 fully saturated rings. The predicted octanol–water partition coefficient (Wildman–Crippen LogP) is 4.79. The van der Waals surface area contributed by atoms with E-state index in [2.05, 4.69) is 10.6 Å². The molecule has 0 aliphatic carbocycles. The van der Waals surface area contributed by atoms with Crippen LogP contribution < -0.4 is 15.4 Å². The lowest BCUT2D eigenvalue weighted by Gasteiger charge is -2.11. The van der Waals surface area contributed by atoms with Crippen molar-refractivity contribution in [1.29, 1.82) is 0 Å². The van der Waals surface area contributed by atoms with E-state index in [1.54, 1.807) is 12.1 Å². The second kappa shape index (κ2) is 12.6. The van der Waals surface area contributed by atoms with Gasteiger partial charge < -0.3 is 19.5 Å². The third kappa shape index (κ3) is 8.97. The highest BCUT2D eigenvalue weighted by atomic mass is 35.5. The largest absolute Gasteiger partial charge is 0.482 e. The molecule has 0 saturated heterocycles. The Kier molecular flexibility index (Phi) is 10.2. The maximum Gasteiger partial charge on any atom is 0.264 e. The first-order valence-electron chi connectivity index (χ1n) is 8.91. The summed E-state index contributed by atoms with van der Waals surface area (Å²) in [5.74, 6) is -0.0476. The molecule has 0 aliphatic heterocycles. The van der Waals surface area contributed by atoms with Crippen LogP contribution in [0.3, 0.4) is 0 Å².